The maximum atomic E-state index is 6.24. The van der Waals surface area contributed by atoms with Crippen LogP contribution in [0.25, 0.3) is 0 Å². The lowest BCUT2D eigenvalue weighted by Gasteiger charge is -2.17. The fourth-order valence-corrected chi connectivity index (χ4v) is 4.88. The van der Waals surface area contributed by atoms with Gasteiger partial charge in [0.1, 0.15) is 17.0 Å². The molecule has 3 aromatic rings. The van der Waals surface area contributed by atoms with Gasteiger partial charge >= 0.3 is 0 Å². The Hall–Kier alpha value is -1.90. The second-order valence-corrected chi connectivity index (χ2v) is 8.99. The highest BCUT2D eigenvalue weighted by Crippen LogP contribution is 2.41. The second kappa shape index (κ2) is 9.28. The van der Waals surface area contributed by atoms with Crippen LogP contribution in [0.15, 0.2) is 71.8 Å². The minimum atomic E-state index is 0.0187. The smallest absolute Gasteiger partial charge is 0.174 e. The molecule has 1 N–H and O–H groups in total. The standard InChI is InChI=1S/C22H18ClIN2O2S/c1-27-19-12-16(22-26-25-21(29-22)14-7-3-2-4-8-14)11-18(24)20(19)28-13-15-9-5-6-10-17(15)23/h2-12,22,26H,13H2,1H3/t22-/m0/s1. The third-order valence-electron chi connectivity index (χ3n) is 4.42. The van der Waals surface area contributed by atoms with E-state index in [1.807, 2.05) is 48.5 Å². The minimum absolute atomic E-state index is 0.0187. The Labute approximate surface area is 192 Å². The molecule has 1 aliphatic heterocycles. The molecule has 0 saturated carbocycles. The van der Waals surface area contributed by atoms with E-state index < -0.39 is 0 Å². The van der Waals surface area contributed by atoms with Crippen LogP contribution in [-0.4, -0.2) is 12.2 Å². The molecule has 0 aliphatic carbocycles. The number of thioether (sulfide) groups is 1. The first-order chi connectivity index (χ1) is 14.2. The number of rotatable bonds is 6. The monoisotopic (exact) mass is 536 g/mol. The van der Waals surface area contributed by atoms with Crippen LogP contribution >= 0.6 is 46.0 Å². The molecule has 0 bridgehead atoms. The van der Waals surface area contributed by atoms with Gasteiger partial charge in [-0.05, 0) is 46.4 Å². The summed E-state index contributed by atoms with van der Waals surface area (Å²) in [5, 5.41) is 6.18. The molecule has 0 spiro atoms. The van der Waals surface area contributed by atoms with Crippen molar-refractivity contribution in [3.63, 3.8) is 0 Å². The number of halogens is 2. The van der Waals surface area contributed by atoms with Gasteiger partial charge in [-0.25, -0.2) is 0 Å². The SMILES string of the molecule is COc1cc([C@H]2NN=C(c3ccccc3)S2)cc(I)c1OCc1ccccc1Cl. The molecule has 0 amide bonds. The van der Waals surface area contributed by atoms with Crippen molar-refractivity contribution in [2.75, 3.05) is 7.11 Å². The molecule has 3 aromatic carbocycles. The Balaban J connectivity index is 1.52. The van der Waals surface area contributed by atoms with Crippen LogP contribution in [0.1, 0.15) is 22.1 Å². The van der Waals surface area contributed by atoms with Crippen LogP contribution in [0.5, 0.6) is 11.5 Å². The quantitative estimate of drug-likeness (QED) is 0.379. The highest BCUT2D eigenvalue weighted by atomic mass is 127. The average molecular weight is 537 g/mol. The number of ether oxygens (including phenoxy) is 2. The molecule has 148 valence electrons. The van der Waals surface area contributed by atoms with Crippen LogP contribution in [0.2, 0.25) is 5.02 Å². The summed E-state index contributed by atoms with van der Waals surface area (Å²) in [6.07, 6.45) is 0. The largest absolute Gasteiger partial charge is 0.493 e. The summed E-state index contributed by atoms with van der Waals surface area (Å²) in [4.78, 5) is 0. The van der Waals surface area contributed by atoms with Crippen molar-refractivity contribution in [3.8, 4) is 11.5 Å². The van der Waals surface area contributed by atoms with Crippen LogP contribution in [0, 0.1) is 3.57 Å². The van der Waals surface area contributed by atoms with Gasteiger partial charge < -0.3 is 9.47 Å². The first kappa shape index (κ1) is 20.4. The van der Waals surface area contributed by atoms with Gasteiger partial charge in [0.05, 0.1) is 10.7 Å². The zero-order chi connectivity index (χ0) is 20.2. The molecule has 0 aromatic heterocycles. The van der Waals surface area contributed by atoms with Crippen LogP contribution < -0.4 is 14.9 Å². The Bertz CT molecular complexity index is 1050. The van der Waals surface area contributed by atoms with Gasteiger partial charge in [-0.15, -0.1) is 0 Å². The minimum Gasteiger partial charge on any atom is -0.493 e. The predicted octanol–water partition coefficient (Wildman–Crippen LogP) is 6.23. The first-order valence-electron chi connectivity index (χ1n) is 8.94. The van der Waals surface area contributed by atoms with Crippen LogP contribution in [-0.2, 0) is 6.61 Å². The van der Waals surface area contributed by atoms with Crippen molar-refractivity contribution in [2.45, 2.75) is 12.0 Å². The average Bonchev–Trinajstić information content (AvgIpc) is 3.24. The first-order valence-corrected chi connectivity index (χ1v) is 11.3. The molecule has 0 radical (unpaired) electrons. The zero-order valence-electron chi connectivity index (χ0n) is 15.6. The van der Waals surface area contributed by atoms with Gasteiger partial charge in [0.25, 0.3) is 0 Å². The molecule has 1 aliphatic rings. The predicted molar refractivity (Wildman–Crippen MR) is 128 cm³/mol. The number of nitrogens with zero attached hydrogens (tertiary/aromatic N) is 1. The van der Waals surface area contributed by atoms with Crippen molar-refractivity contribution >= 4 is 51.0 Å². The van der Waals surface area contributed by atoms with Gasteiger partial charge in [0.15, 0.2) is 11.5 Å². The lowest BCUT2D eigenvalue weighted by atomic mass is 10.2. The number of nitrogens with one attached hydrogen (secondary N) is 1. The van der Waals surface area contributed by atoms with Crippen molar-refractivity contribution < 1.29 is 9.47 Å². The van der Waals surface area contributed by atoms with Gasteiger partial charge in [-0.1, -0.05) is 71.9 Å². The van der Waals surface area contributed by atoms with Crippen molar-refractivity contribution in [1.82, 2.24) is 5.43 Å². The van der Waals surface area contributed by atoms with E-state index in [1.165, 1.54) is 0 Å². The van der Waals surface area contributed by atoms with E-state index in [0.29, 0.717) is 23.1 Å². The van der Waals surface area contributed by atoms with E-state index in [1.54, 1.807) is 18.9 Å². The molecule has 29 heavy (non-hydrogen) atoms. The van der Waals surface area contributed by atoms with Gasteiger partial charge in [-0.3, -0.25) is 5.43 Å². The molecule has 0 saturated heterocycles. The summed E-state index contributed by atoms with van der Waals surface area (Å²) in [6.45, 7) is 0.378. The third-order valence-corrected chi connectivity index (χ3v) is 6.75. The number of methoxy groups -OCH3 is 1. The Morgan fingerprint density at radius 3 is 2.62 bits per heavy atom. The Kier molecular flexibility index (Phi) is 6.52. The number of hydrogen-bond donors (Lipinski definition) is 1. The molecule has 1 atom stereocenters. The highest BCUT2D eigenvalue weighted by Gasteiger charge is 2.24. The molecule has 0 unspecified atom stereocenters. The van der Waals surface area contributed by atoms with Gasteiger partial charge in [0, 0.05) is 16.1 Å². The molecule has 0 fully saturated rings. The Morgan fingerprint density at radius 2 is 1.86 bits per heavy atom. The second-order valence-electron chi connectivity index (χ2n) is 6.32. The van der Waals surface area contributed by atoms with Crippen molar-refractivity contribution in [1.29, 1.82) is 0 Å². The fourth-order valence-electron chi connectivity index (χ4n) is 2.93. The van der Waals surface area contributed by atoms with Crippen molar-refractivity contribution in [3.05, 3.63) is 92.0 Å². The molecule has 4 nitrogen and oxygen atoms in total. The number of hydrazone groups is 1. The van der Waals surface area contributed by atoms with Crippen molar-refractivity contribution in [2.24, 2.45) is 5.10 Å². The lowest BCUT2D eigenvalue weighted by molar-refractivity contribution is 0.282. The summed E-state index contributed by atoms with van der Waals surface area (Å²) in [5.41, 5.74) is 6.34. The third kappa shape index (κ3) is 4.65. The zero-order valence-corrected chi connectivity index (χ0v) is 19.3. The lowest BCUT2D eigenvalue weighted by Crippen LogP contribution is -2.08. The summed E-state index contributed by atoms with van der Waals surface area (Å²) < 4.78 is 12.7. The number of hydrogen-bond acceptors (Lipinski definition) is 5. The van der Waals surface area contributed by atoms with E-state index >= 15 is 0 Å². The van der Waals surface area contributed by atoms with E-state index in [2.05, 4.69) is 51.3 Å². The number of benzene rings is 3. The summed E-state index contributed by atoms with van der Waals surface area (Å²) >= 11 is 10.2. The molecule has 7 heteroatoms. The maximum Gasteiger partial charge on any atom is 0.174 e. The molecule has 1 heterocycles. The van der Waals surface area contributed by atoms with Gasteiger partial charge in [0.2, 0.25) is 0 Å². The maximum absolute atomic E-state index is 6.24. The topological polar surface area (TPSA) is 42.8 Å². The fraction of sp³-hybridized carbons (Fsp3) is 0.136. The highest BCUT2D eigenvalue weighted by molar-refractivity contribution is 14.1. The molecule has 4 rings (SSSR count). The van der Waals surface area contributed by atoms with Gasteiger partial charge in [-0.2, -0.15) is 5.10 Å². The van der Waals surface area contributed by atoms with Crippen LogP contribution in [0.4, 0.5) is 0 Å². The van der Waals surface area contributed by atoms with Crippen LogP contribution in [0.3, 0.4) is 0 Å². The van der Waals surface area contributed by atoms with E-state index in [-0.39, 0.29) is 5.37 Å². The van der Waals surface area contributed by atoms with E-state index in [9.17, 15) is 0 Å². The molecular weight excluding hydrogens is 519 g/mol. The summed E-state index contributed by atoms with van der Waals surface area (Å²) in [6, 6.07) is 21.9. The van der Waals surface area contributed by atoms with E-state index in [4.69, 9.17) is 21.1 Å². The van der Waals surface area contributed by atoms with E-state index in [0.717, 1.165) is 25.3 Å². The Morgan fingerprint density at radius 1 is 1.10 bits per heavy atom. The molecular formula is C22H18ClIN2O2S. The normalized spacial score (nSPS) is 15.6. The summed E-state index contributed by atoms with van der Waals surface area (Å²) in [5.74, 6) is 1.40. The summed E-state index contributed by atoms with van der Waals surface area (Å²) in [7, 11) is 1.65.